The summed E-state index contributed by atoms with van der Waals surface area (Å²) in [6, 6.07) is 15.0. The van der Waals surface area contributed by atoms with Gasteiger partial charge in [0.1, 0.15) is 0 Å². The molecule has 1 heterocycles. The van der Waals surface area contributed by atoms with Gasteiger partial charge in [-0.25, -0.2) is 4.79 Å². The van der Waals surface area contributed by atoms with Crippen LogP contribution in [0, 0.1) is 0 Å². The smallest absolute Gasteiger partial charge is 0.319 e. The van der Waals surface area contributed by atoms with Crippen molar-refractivity contribution in [1.82, 2.24) is 15.5 Å². The Morgan fingerprint density at radius 2 is 1.70 bits per heavy atom. The van der Waals surface area contributed by atoms with E-state index < -0.39 is 0 Å². The van der Waals surface area contributed by atoms with Crippen LogP contribution in [0.25, 0.3) is 22.8 Å². The maximum atomic E-state index is 11.7. The molecule has 2 amide bonds. The average Bonchev–Trinajstić information content (AvgIpc) is 3.17. The number of amides is 2. The molecule has 3 rings (SSSR count). The highest BCUT2D eigenvalue weighted by Crippen LogP contribution is 2.25. The highest BCUT2D eigenvalue weighted by Gasteiger charge is 2.11. The van der Waals surface area contributed by atoms with Gasteiger partial charge < -0.3 is 20.1 Å². The first kappa shape index (κ1) is 18.4. The Balaban J connectivity index is 1.70. The topological polar surface area (TPSA) is 83.3 Å². The zero-order chi connectivity index (χ0) is 19.2. The van der Waals surface area contributed by atoms with Crippen LogP contribution in [-0.2, 0) is 0 Å². The molecule has 7 heteroatoms. The summed E-state index contributed by atoms with van der Waals surface area (Å²) in [5.41, 5.74) is 3.49. The third kappa shape index (κ3) is 4.63. The van der Waals surface area contributed by atoms with Crippen molar-refractivity contribution in [2.75, 3.05) is 30.9 Å². The van der Waals surface area contributed by atoms with Crippen LogP contribution >= 0.6 is 0 Å². The molecular formula is C20H23N5O2. The summed E-state index contributed by atoms with van der Waals surface area (Å²) in [6.07, 6.45) is 0.893. The predicted octanol–water partition coefficient (Wildman–Crippen LogP) is 4.00. The summed E-state index contributed by atoms with van der Waals surface area (Å²) < 4.78 is 5.39. The van der Waals surface area contributed by atoms with Crippen molar-refractivity contribution in [3.8, 4) is 22.8 Å². The van der Waals surface area contributed by atoms with E-state index in [1.165, 1.54) is 0 Å². The van der Waals surface area contributed by atoms with E-state index in [-0.39, 0.29) is 6.03 Å². The van der Waals surface area contributed by atoms with Crippen molar-refractivity contribution in [1.29, 1.82) is 0 Å². The van der Waals surface area contributed by atoms with Gasteiger partial charge >= 0.3 is 6.03 Å². The van der Waals surface area contributed by atoms with E-state index in [4.69, 9.17) is 4.52 Å². The third-order valence-corrected chi connectivity index (χ3v) is 3.99. The molecule has 2 N–H and O–H groups in total. The van der Waals surface area contributed by atoms with Gasteiger partial charge in [-0.15, -0.1) is 0 Å². The second-order valence-corrected chi connectivity index (χ2v) is 6.32. The Morgan fingerprint density at radius 3 is 2.33 bits per heavy atom. The summed E-state index contributed by atoms with van der Waals surface area (Å²) in [6.45, 7) is 2.65. The van der Waals surface area contributed by atoms with Crippen LogP contribution in [0.3, 0.4) is 0 Å². The highest BCUT2D eigenvalue weighted by molar-refractivity contribution is 5.89. The normalized spacial score (nSPS) is 10.5. The minimum absolute atomic E-state index is 0.215. The zero-order valence-corrected chi connectivity index (χ0v) is 15.7. The summed E-state index contributed by atoms with van der Waals surface area (Å²) in [5, 5.41) is 9.60. The molecule has 0 radical (unpaired) electrons. The predicted molar refractivity (Wildman–Crippen MR) is 107 cm³/mol. The number of aromatic nitrogens is 2. The van der Waals surface area contributed by atoms with Crippen molar-refractivity contribution in [3.63, 3.8) is 0 Å². The largest absolute Gasteiger partial charge is 0.378 e. The van der Waals surface area contributed by atoms with E-state index >= 15 is 0 Å². The highest BCUT2D eigenvalue weighted by atomic mass is 16.5. The van der Waals surface area contributed by atoms with Crippen LogP contribution in [0.1, 0.15) is 13.3 Å². The number of anilines is 2. The Labute approximate surface area is 158 Å². The van der Waals surface area contributed by atoms with Gasteiger partial charge in [0.25, 0.3) is 5.89 Å². The fourth-order valence-corrected chi connectivity index (χ4v) is 2.48. The van der Waals surface area contributed by atoms with Gasteiger partial charge in [0, 0.05) is 43.1 Å². The van der Waals surface area contributed by atoms with Crippen LogP contribution in [0.15, 0.2) is 53.1 Å². The first-order valence-electron chi connectivity index (χ1n) is 8.83. The van der Waals surface area contributed by atoms with Crippen molar-refractivity contribution >= 4 is 17.4 Å². The molecule has 27 heavy (non-hydrogen) atoms. The molecule has 0 saturated carbocycles. The van der Waals surface area contributed by atoms with Gasteiger partial charge in [-0.3, -0.25) is 0 Å². The lowest BCUT2D eigenvalue weighted by Gasteiger charge is -2.11. The lowest BCUT2D eigenvalue weighted by Crippen LogP contribution is -2.29. The number of hydrogen-bond donors (Lipinski definition) is 2. The Morgan fingerprint density at radius 1 is 1.04 bits per heavy atom. The molecule has 0 aliphatic heterocycles. The molecule has 1 aromatic heterocycles. The molecule has 3 aromatic rings. The number of nitrogens with zero attached hydrogens (tertiary/aromatic N) is 3. The standard InChI is InChI=1S/C20H23N5O2/c1-4-13-21-20(26)22-16-9-5-14(6-10-16)18-23-19(27-24-18)15-7-11-17(12-8-15)25(2)3/h5-12H,4,13H2,1-3H3,(H2,21,22,26). The number of rotatable bonds is 6. The molecule has 7 nitrogen and oxygen atoms in total. The Hall–Kier alpha value is -3.35. The summed E-state index contributed by atoms with van der Waals surface area (Å²) in [4.78, 5) is 18.2. The second-order valence-electron chi connectivity index (χ2n) is 6.32. The maximum Gasteiger partial charge on any atom is 0.319 e. The first-order valence-corrected chi connectivity index (χ1v) is 8.83. The number of nitrogens with one attached hydrogen (secondary N) is 2. The maximum absolute atomic E-state index is 11.7. The van der Waals surface area contributed by atoms with E-state index in [9.17, 15) is 4.79 Å². The van der Waals surface area contributed by atoms with E-state index in [0.717, 1.165) is 23.2 Å². The zero-order valence-electron chi connectivity index (χ0n) is 15.7. The summed E-state index contributed by atoms with van der Waals surface area (Å²) >= 11 is 0. The van der Waals surface area contributed by atoms with E-state index in [1.807, 2.05) is 74.4 Å². The average molecular weight is 365 g/mol. The van der Waals surface area contributed by atoms with Gasteiger partial charge in [0.05, 0.1) is 0 Å². The van der Waals surface area contributed by atoms with Gasteiger partial charge in [0.2, 0.25) is 5.82 Å². The molecule has 140 valence electrons. The molecule has 2 aromatic carbocycles. The number of benzene rings is 2. The molecule has 0 atom stereocenters. The van der Waals surface area contributed by atoms with Gasteiger partial charge in [-0.2, -0.15) is 4.98 Å². The minimum atomic E-state index is -0.215. The Bertz CT molecular complexity index is 885. The quantitative estimate of drug-likeness (QED) is 0.690. The second kappa shape index (κ2) is 8.35. The molecule has 0 fully saturated rings. The van der Waals surface area contributed by atoms with Crippen molar-refractivity contribution < 1.29 is 9.32 Å². The third-order valence-electron chi connectivity index (χ3n) is 3.99. The molecule has 0 unspecified atom stereocenters. The van der Waals surface area contributed by atoms with Crippen molar-refractivity contribution in [3.05, 3.63) is 48.5 Å². The lowest BCUT2D eigenvalue weighted by atomic mass is 10.2. The monoisotopic (exact) mass is 365 g/mol. The molecule has 0 bridgehead atoms. The molecule has 0 saturated heterocycles. The van der Waals surface area contributed by atoms with Crippen LogP contribution in [0.4, 0.5) is 16.2 Å². The summed E-state index contributed by atoms with van der Waals surface area (Å²) in [5.74, 6) is 0.972. The van der Waals surface area contributed by atoms with E-state index in [2.05, 4.69) is 20.8 Å². The van der Waals surface area contributed by atoms with Crippen LogP contribution in [-0.4, -0.2) is 36.8 Å². The Kier molecular flexibility index (Phi) is 5.71. The number of carbonyl (C=O) groups is 1. The molecular weight excluding hydrogens is 342 g/mol. The summed E-state index contributed by atoms with van der Waals surface area (Å²) in [7, 11) is 3.98. The lowest BCUT2D eigenvalue weighted by molar-refractivity contribution is 0.252. The van der Waals surface area contributed by atoms with Crippen molar-refractivity contribution in [2.45, 2.75) is 13.3 Å². The number of carbonyl (C=O) groups excluding carboxylic acids is 1. The molecule has 0 aliphatic carbocycles. The SMILES string of the molecule is CCCNC(=O)Nc1ccc(-c2noc(-c3ccc(N(C)C)cc3)n2)cc1. The van der Waals surface area contributed by atoms with Gasteiger partial charge in [-0.1, -0.05) is 12.1 Å². The van der Waals surface area contributed by atoms with Gasteiger partial charge in [-0.05, 0) is 55.0 Å². The van der Waals surface area contributed by atoms with Gasteiger partial charge in [0.15, 0.2) is 0 Å². The number of hydrogen-bond acceptors (Lipinski definition) is 5. The fraction of sp³-hybridized carbons (Fsp3) is 0.250. The van der Waals surface area contributed by atoms with E-state index in [0.29, 0.717) is 23.9 Å². The number of urea groups is 1. The molecule has 0 aliphatic rings. The van der Waals surface area contributed by atoms with Crippen LogP contribution in [0.5, 0.6) is 0 Å². The van der Waals surface area contributed by atoms with Crippen molar-refractivity contribution in [2.24, 2.45) is 0 Å². The minimum Gasteiger partial charge on any atom is -0.378 e. The fourth-order valence-electron chi connectivity index (χ4n) is 2.48. The van der Waals surface area contributed by atoms with E-state index in [1.54, 1.807) is 0 Å². The van der Waals surface area contributed by atoms with Crippen LogP contribution < -0.4 is 15.5 Å². The first-order chi connectivity index (χ1) is 13.1. The van der Waals surface area contributed by atoms with Crippen LogP contribution in [0.2, 0.25) is 0 Å². The molecule has 0 spiro atoms.